The van der Waals surface area contributed by atoms with Gasteiger partial charge >= 0.3 is 0 Å². The molecule has 6 heteroatoms. The lowest BCUT2D eigenvalue weighted by molar-refractivity contribution is -0.136. The van der Waals surface area contributed by atoms with Crippen LogP contribution in [0.5, 0.6) is 11.5 Å². The molecular formula is C28H37ClN2O3. The van der Waals surface area contributed by atoms with E-state index in [1.165, 1.54) is 16.7 Å². The lowest BCUT2D eigenvalue weighted by Crippen LogP contribution is -2.39. The molecule has 0 radical (unpaired) electrons. The molecule has 5 nitrogen and oxygen atoms in total. The second-order valence-corrected chi connectivity index (χ2v) is 10.6. The molecule has 1 atom stereocenters. The Morgan fingerprint density at radius 3 is 2.76 bits per heavy atom. The molecule has 0 aliphatic carbocycles. The molecule has 1 amide bonds. The lowest BCUT2D eigenvalue weighted by Gasteiger charge is -2.28. The van der Waals surface area contributed by atoms with E-state index >= 15 is 0 Å². The molecule has 0 bridgehead atoms. The van der Waals surface area contributed by atoms with Crippen molar-refractivity contribution in [2.45, 2.75) is 53.6 Å². The van der Waals surface area contributed by atoms with E-state index in [2.05, 4.69) is 50.8 Å². The molecule has 2 heterocycles. The molecule has 1 unspecified atom stereocenters. The van der Waals surface area contributed by atoms with Crippen molar-refractivity contribution in [2.24, 2.45) is 11.8 Å². The third kappa shape index (κ3) is 6.05. The molecule has 2 aromatic rings. The number of rotatable bonds is 7. The highest BCUT2D eigenvalue weighted by Gasteiger charge is 2.32. The predicted octanol–water partition coefficient (Wildman–Crippen LogP) is 5.62. The van der Waals surface area contributed by atoms with Gasteiger partial charge in [0, 0.05) is 32.6 Å². The van der Waals surface area contributed by atoms with E-state index < -0.39 is 0 Å². The van der Waals surface area contributed by atoms with Gasteiger partial charge in [-0.25, -0.2) is 0 Å². The highest BCUT2D eigenvalue weighted by atomic mass is 35.5. The summed E-state index contributed by atoms with van der Waals surface area (Å²) in [5, 5.41) is 0.548. The van der Waals surface area contributed by atoms with Crippen LogP contribution in [0.1, 0.15) is 48.9 Å². The van der Waals surface area contributed by atoms with Crippen molar-refractivity contribution < 1.29 is 14.3 Å². The number of aryl methyl sites for hydroxylation is 2. The Labute approximate surface area is 209 Å². The maximum Gasteiger partial charge on any atom is 0.227 e. The van der Waals surface area contributed by atoms with Gasteiger partial charge < -0.3 is 14.4 Å². The largest absolute Gasteiger partial charge is 0.489 e. The molecule has 2 aliphatic rings. The van der Waals surface area contributed by atoms with Crippen molar-refractivity contribution in [1.82, 2.24) is 9.80 Å². The number of carbonyl (C=O) groups is 1. The topological polar surface area (TPSA) is 42.0 Å². The molecule has 1 fully saturated rings. The maximum atomic E-state index is 13.6. The van der Waals surface area contributed by atoms with Gasteiger partial charge in [-0.15, -0.1) is 0 Å². The van der Waals surface area contributed by atoms with E-state index in [9.17, 15) is 4.79 Å². The summed E-state index contributed by atoms with van der Waals surface area (Å²) in [6.45, 7) is 13.7. The minimum atomic E-state index is 0.0275. The zero-order valence-electron chi connectivity index (χ0n) is 20.9. The number of ether oxygens (including phenoxy) is 2. The molecule has 1 saturated heterocycles. The minimum Gasteiger partial charge on any atom is -0.489 e. The normalized spacial score (nSPS) is 18.2. The number of hydrogen-bond donors (Lipinski definition) is 0. The Kier molecular flexibility index (Phi) is 8.05. The highest BCUT2D eigenvalue weighted by molar-refractivity contribution is 6.32. The fourth-order valence-electron chi connectivity index (χ4n) is 4.92. The average Bonchev–Trinajstić information content (AvgIpc) is 3.11. The predicted molar refractivity (Wildman–Crippen MR) is 137 cm³/mol. The SMILES string of the molecule is Cc1ccc(C)c(CN2CCC(C(=O)N(Cc3cc(Cl)c4c(c3)OCCCO4)CC(C)C)C2)c1. The first-order valence-corrected chi connectivity index (χ1v) is 12.8. The van der Waals surface area contributed by atoms with E-state index in [-0.39, 0.29) is 11.8 Å². The van der Waals surface area contributed by atoms with Crippen LogP contribution < -0.4 is 9.47 Å². The van der Waals surface area contributed by atoms with Crippen LogP contribution in [0.4, 0.5) is 0 Å². The van der Waals surface area contributed by atoms with Crippen LogP contribution in [0.3, 0.4) is 0 Å². The zero-order chi connectivity index (χ0) is 24.2. The molecule has 2 aromatic carbocycles. The average molecular weight is 485 g/mol. The van der Waals surface area contributed by atoms with Crippen molar-refractivity contribution in [3.05, 3.63) is 57.6 Å². The molecule has 0 N–H and O–H groups in total. The van der Waals surface area contributed by atoms with Gasteiger partial charge in [0.05, 0.1) is 24.2 Å². The first-order chi connectivity index (χ1) is 16.3. The monoisotopic (exact) mass is 484 g/mol. The number of likely N-dealkylation sites (tertiary alicyclic amines) is 1. The van der Waals surface area contributed by atoms with Crippen molar-refractivity contribution in [1.29, 1.82) is 0 Å². The van der Waals surface area contributed by atoms with Gasteiger partial charge in [-0.1, -0.05) is 49.2 Å². The van der Waals surface area contributed by atoms with Gasteiger partial charge in [0.2, 0.25) is 5.91 Å². The van der Waals surface area contributed by atoms with Crippen LogP contribution in [-0.2, 0) is 17.9 Å². The summed E-state index contributed by atoms with van der Waals surface area (Å²) in [5.41, 5.74) is 4.93. The summed E-state index contributed by atoms with van der Waals surface area (Å²) >= 11 is 6.52. The van der Waals surface area contributed by atoms with Crippen molar-refractivity contribution in [3.63, 3.8) is 0 Å². The van der Waals surface area contributed by atoms with Crippen molar-refractivity contribution in [2.75, 3.05) is 32.8 Å². The Hall–Kier alpha value is -2.24. The number of benzene rings is 2. The number of amides is 1. The molecule has 0 saturated carbocycles. The molecule has 0 spiro atoms. The van der Waals surface area contributed by atoms with Crippen LogP contribution in [0.25, 0.3) is 0 Å². The third-order valence-electron chi connectivity index (χ3n) is 6.65. The van der Waals surface area contributed by atoms with Gasteiger partial charge in [-0.3, -0.25) is 9.69 Å². The smallest absolute Gasteiger partial charge is 0.227 e. The fourth-order valence-corrected chi connectivity index (χ4v) is 5.20. The van der Waals surface area contributed by atoms with E-state index in [0.717, 1.165) is 44.6 Å². The Balaban J connectivity index is 1.45. The summed E-state index contributed by atoms with van der Waals surface area (Å²) in [5.74, 6) is 1.94. The Morgan fingerprint density at radius 1 is 1.18 bits per heavy atom. The number of halogens is 1. The van der Waals surface area contributed by atoms with Crippen molar-refractivity contribution in [3.8, 4) is 11.5 Å². The van der Waals surface area contributed by atoms with Crippen LogP contribution in [0.2, 0.25) is 5.02 Å². The number of fused-ring (bicyclic) bond motifs is 1. The molecule has 34 heavy (non-hydrogen) atoms. The van der Waals surface area contributed by atoms with E-state index in [1.807, 2.05) is 17.0 Å². The summed E-state index contributed by atoms with van der Waals surface area (Å²) < 4.78 is 11.6. The van der Waals surface area contributed by atoms with Crippen LogP contribution >= 0.6 is 11.6 Å². The number of nitrogens with zero attached hydrogens (tertiary/aromatic N) is 2. The second kappa shape index (κ2) is 11.0. The number of hydrogen-bond acceptors (Lipinski definition) is 4. The summed E-state index contributed by atoms with van der Waals surface area (Å²) in [6.07, 6.45) is 1.73. The Bertz CT molecular complexity index is 1020. The molecule has 184 valence electrons. The lowest BCUT2D eigenvalue weighted by atomic mass is 10.0. The quantitative estimate of drug-likeness (QED) is 0.511. The van der Waals surface area contributed by atoms with Gasteiger partial charge in [-0.2, -0.15) is 0 Å². The van der Waals surface area contributed by atoms with E-state index in [1.54, 1.807) is 0 Å². The standard InChI is InChI=1S/C28H37ClN2O3/c1-19(2)15-31(16-22-13-25(29)27-26(14-22)33-10-5-11-34-27)28(32)23-8-9-30(17-23)18-24-12-20(3)6-7-21(24)4/h6-7,12-14,19,23H,5,8-11,15-18H2,1-4H3. The van der Waals surface area contributed by atoms with E-state index in [0.29, 0.717) is 42.2 Å². The third-order valence-corrected chi connectivity index (χ3v) is 6.93. The highest BCUT2D eigenvalue weighted by Crippen LogP contribution is 2.38. The van der Waals surface area contributed by atoms with Gasteiger partial charge in [0.1, 0.15) is 0 Å². The van der Waals surface area contributed by atoms with Gasteiger partial charge in [0.15, 0.2) is 11.5 Å². The second-order valence-electron chi connectivity index (χ2n) is 10.2. The summed E-state index contributed by atoms with van der Waals surface area (Å²) in [4.78, 5) is 18.1. The Morgan fingerprint density at radius 2 is 1.97 bits per heavy atom. The first kappa shape index (κ1) is 24.9. The molecule has 0 aromatic heterocycles. The summed E-state index contributed by atoms with van der Waals surface area (Å²) in [7, 11) is 0. The molecule has 4 rings (SSSR count). The maximum absolute atomic E-state index is 13.6. The molecule has 2 aliphatic heterocycles. The number of carbonyl (C=O) groups excluding carboxylic acids is 1. The van der Waals surface area contributed by atoms with Crippen molar-refractivity contribution >= 4 is 17.5 Å². The minimum absolute atomic E-state index is 0.0275. The zero-order valence-corrected chi connectivity index (χ0v) is 21.7. The summed E-state index contributed by atoms with van der Waals surface area (Å²) in [6, 6.07) is 10.5. The fraction of sp³-hybridized carbons (Fsp3) is 0.536. The van der Waals surface area contributed by atoms with Crippen LogP contribution in [0, 0.1) is 25.7 Å². The van der Waals surface area contributed by atoms with Gasteiger partial charge in [0.25, 0.3) is 0 Å². The van der Waals surface area contributed by atoms with Crippen LogP contribution in [-0.4, -0.2) is 48.6 Å². The van der Waals surface area contributed by atoms with E-state index in [4.69, 9.17) is 21.1 Å². The van der Waals surface area contributed by atoms with Gasteiger partial charge in [-0.05, 0) is 61.6 Å². The van der Waals surface area contributed by atoms with Crippen LogP contribution in [0.15, 0.2) is 30.3 Å². The molecular weight excluding hydrogens is 448 g/mol. The first-order valence-electron chi connectivity index (χ1n) is 12.5.